The van der Waals surface area contributed by atoms with Gasteiger partial charge in [-0.25, -0.2) is 0 Å². The zero-order valence-electron chi connectivity index (χ0n) is 4.25. The molecule has 1 aliphatic heterocycles. The van der Waals surface area contributed by atoms with E-state index in [9.17, 15) is 0 Å². The van der Waals surface area contributed by atoms with Crippen LogP contribution in [0, 0.1) is 11.3 Å². The highest BCUT2D eigenvalue weighted by Crippen LogP contribution is 1.97. The summed E-state index contributed by atoms with van der Waals surface area (Å²) in [7, 11) is -0.178. The monoisotopic (exact) mass is 155 g/mol. The van der Waals surface area contributed by atoms with Gasteiger partial charge >= 0.3 is 20.0 Å². The van der Waals surface area contributed by atoms with Crippen LogP contribution in [0.15, 0.2) is 12.0 Å². The van der Waals surface area contributed by atoms with Gasteiger partial charge in [-0.1, -0.05) is 0 Å². The Morgan fingerprint density at radius 3 is 3.22 bits per heavy atom. The average molecular weight is 155 g/mol. The summed E-state index contributed by atoms with van der Waals surface area (Å²) in [6, 6.07) is 1.79. The number of hydrogen-bond donors (Lipinski definition) is 0. The topological polar surface area (TPSA) is 51.5 Å². The molecular weight excluding hydrogens is 154 g/mol. The molecule has 0 amide bonds. The van der Waals surface area contributed by atoms with Gasteiger partial charge in [-0.15, -0.1) is 0 Å². The van der Waals surface area contributed by atoms with Crippen molar-refractivity contribution < 1.29 is 13.0 Å². The molecule has 0 aliphatic carbocycles. The summed E-state index contributed by atoms with van der Waals surface area (Å²) in [5.41, 5.74) is 0. The first kappa shape index (κ1) is 6.35. The van der Waals surface area contributed by atoms with Crippen molar-refractivity contribution in [2.24, 2.45) is 0 Å². The summed E-state index contributed by atoms with van der Waals surface area (Å²) in [5.74, 6) is 0.165. The maximum atomic E-state index is 8.24. The van der Waals surface area contributed by atoms with Gasteiger partial charge in [-0.05, 0) is 0 Å². The van der Waals surface area contributed by atoms with E-state index >= 15 is 0 Å². The minimum atomic E-state index is -0.122. The van der Waals surface area contributed by atoms with E-state index in [0.717, 1.165) is 0 Å². The van der Waals surface area contributed by atoms with Crippen LogP contribution < -0.4 is 0 Å². The lowest BCUT2D eigenvalue weighted by Crippen LogP contribution is -2.04. The van der Waals surface area contributed by atoms with Crippen molar-refractivity contribution >= 4 is 20.0 Å². The van der Waals surface area contributed by atoms with Gasteiger partial charge in [-0.3, -0.25) is 0 Å². The summed E-state index contributed by atoms with van der Waals surface area (Å²) in [4.78, 5) is 0. The van der Waals surface area contributed by atoms with Gasteiger partial charge in [0.1, 0.15) is 12.3 Å². The predicted octanol–water partition coefficient (Wildman–Crippen LogP) is -0.517. The van der Waals surface area contributed by atoms with Gasteiger partial charge in [0.2, 0.25) is 5.76 Å². The minimum Gasteiger partial charge on any atom is -0.520 e. The van der Waals surface area contributed by atoms with Gasteiger partial charge in [0.15, 0.2) is 0 Å². The number of nitrogens with zero attached hydrogens (tertiary/aromatic N) is 1. The smallest absolute Gasteiger partial charge is 0.512 e. The molecule has 0 N–H and O–H groups in total. The molecule has 4 nitrogen and oxygen atoms in total. The molecule has 1 aliphatic rings. The summed E-state index contributed by atoms with van der Waals surface area (Å²) in [6.07, 6.45) is 1.25. The van der Waals surface area contributed by atoms with Gasteiger partial charge in [0.25, 0.3) is 0 Å². The third-order valence-corrected chi connectivity index (χ3v) is 1.74. The molecule has 0 atom stereocenters. The average Bonchev–Trinajstić information content (AvgIpc) is 2.13. The summed E-state index contributed by atoms with van der Waals surface area (Å²) in [6.45, 7) is 0. The van der Waals surface area contributed by atoms with Crippen molar-refractivity contribution in [1.82, 2.24) is 0 Å². The summed E-state index contributed by atoms with van der Waals surface area (Å²) in [5, 5.41) is 8.24. The highest BCUT2D eigenvalue weighted by Gasteiger charge is 2.06. The van der Waals surface area contributed by atoms with Crippen molar-refractivity contribution in [2.45, 2.75) is 0 Å². The second-order valence-corrected chi connectivity index (χ2v) is 2.67. The highest BCUT2D eigenvalue weighted by atomic mass is 28.3. The molecule has 44 valence electrons. The molecule has 0 aromatic rings. The minimum absolute atomic E-state index is 0.0564. The van der Waals surface area contributed by atoms with Crippen molar-refractivity contribution in [1.29, 1.82) is 5.26 Å². The maximum Gasteiger partial charge on any atom is 0.512 e. The van der Waals surface area contributed by atoms with Crippen molar-refractivity contribution in [3.05, 3.63) is 12.0 Å². The second-order valence-electron chi connectivity index (χ2n) is 1.08. The van der Waals surface area contributed by atoms with Gasteiger partial charge < -0.3 is 13.0 Å². The first-order valence-electron chi connectivity index (χ1n) is 2.02. The Bertz CT molecular complexity index is 163. The van der Waals surface area contributed by atoms with Crippen LogP contribution in [-0.4, -0.2) is 20.0 Å². The van der Waals surface area contributed by atoms with Gasteiger partial charge in [0.05, 0.1) is 0 Å². The van der Waals surface area contributed by atoms with E-state index in [1.165, 1.54) is 6.26 Å². The molecule has 6 heteroatoms. The number of nitriles is 1. The zero-order chi connectivity index (χ0) is 6.53. The van der Waals surface area contributed by atoms with Gasteiger partial charge in [-0.2, -0.15) is 5.26 Å². The van der Waals surface area contributed by atoms with Crippen LogP contribution in [0.5, 0.6) is 0 Å². The SMILES string of the molecule is N#CC1=CO[Si]O[Si]O1. The predicted molar refractivity (Wildman–Crippen MR) is 28.5 cm³/mol. The van der Waals surface area contributed by atoms with Crippen LogP contribution in [0.2, 0.25) is 0 Å². The Morgan fingerprint density at radius 2 is 2.44 bits per heavy atom. The fourth-order valence-corrected chi connectivity index (χ4v) is 1.09. The third kappa shape index (κ3) is 1.89. The first-order chi connectivity index (χ1) is 4.43. The van der Waals surface area contributed by atoms with Crippen molar-refractivity contribution in [3.63, 3.8) is 0 Å². The van der Waals surface area contributed by atoms with E-state index in [2.05, 4.69) is 0 Å². The second kappa shape index (κ2) is 3.29. The zero-order valence-corrected chi connectivity index (χ0v) is 6.25. The van der Waals surface area contributed by atoms with E-state index < -0.39 is 0 Å². The van der Waals surface area contributed by atoms with Gasteiger partial charge in [0, 0.05) is 0 Å². The van der Waals surface area contributed by atoms with Crippen LogP contribution in [0.25, 0.3) is 0 Å². The Kier molecular flexibility index (Phi) is 2.32. The molecule has 9 heavy (non-hydrogen) atoms. The Hall–Kier alpha value is -0.776. The molecule has 0 bridgehead atoms. The Morgan fingerprint density at radius 1 is 1.56 bits per heavy atom. The Balaban J connectivity index is 2.49. The molecule has 0 unspecified atom stereocenters. The van der Waals surface area contributed by atoms with Crippen LogP contribution >= 0.6 is 0 Å². The van der Waals surface area contributed by atoms with Crippen LogP contribution in [0.4, 0.5) is 0 Å². The molecule has 1 rings (SSSR count). The van der Waals surface area contributed by atoms with Crippen LogP contribution in [0.1, 0.15) is 0 Å². The van der Waals surface area contributed by atoms with E-state index in [1.807, 2.05) is 0 Å². The molecule has 0 aromatic heterocycles. The quantitative estimate of drug-likeness (QED) is 0.442. The molecule has 1 heterocycles. The number of hydrogen-bond acceptors (Lipinski definition) is 4. The molecule has 0 fully saturated rings. The largest absolute Gasteiger partial charge is 0.520 e. The fraction of sp³-hybridized carbons (Fsp3) is 0. The van der Waals surface area contributed by atoms with E-state index in [-0.39, 0.29) is 25.8 Å². The van der Waals surface area contributed by atoms with E-state index in [1.54, 1.807) is 6.07 Å². The number of allylic oxidation sites excluding steroid dienone is 1. The van der Waals surface area contributed by atoms with E-state index in [4.69, 9.17) is 18.2 Å². The molecule has 0 saturated carbocycles. The van der Waals surface area contributed by atoms with Crippen molar-refractivity contribution in [2.75, 3.05) is 0 Å². The lowest BCUT2D eigenvalue weighted by atomic mass is 10.6. The molecule has 0 saturated heterocycles. The molecule has 0 spiro atoms. The highest BCUT2D eigenvalue weighted by molar-refractivity contribution is 6.35. The standard InChI is InChI=1S/C3HNO3Si2/c4-1-3-2-5-8-7-9-6-3/h2H. The lowest BCUT2D eigenvalue weighted by Gasteiger charge is -1.91. The summed E-state index contributed by atoms with van der Waals surface area (Å²) >= 11 is 0. The molecule has 4 radical (unpaired) electrons. The van der Waals surface area contributed by atoms with Crippen LogP contribution in [0.3, 0.4) is 0 Å². The number of rotatable bonds is 0. The maximum absolute atomic E-state index is 8.24. The first-order valence-corrected chi connectivity index (χ1v) is 3.65. The lowest BCUT2D eigenvalue weighted by molar-refractivity contribution is 0.398. The molecular formula is C3HNO3Si2. The molecule has 0 aromatic carbocycles. The normalized spacial score (nSPS) is 17.9. The third-order valence-electron chi connectivity index (χ3n) is 0.559. The fourth-order valence-electron chi connectivity index (χ4n) is 0.258. The van der Waals surface area contributed by atoms with E-state index in [0.29, 0.717) is 0 Å². The van der Waals surface area contributed by atoms with Crippen LogP contribution in [-0.2, 0) is 13.0 Å². The van der Waals surface area contributed by atoms with Crippen molar-refractivity contribution in [3.8, 4) is 6.07 Å². The summed E-state index contributed by atoms with van der Waals surface area (Å²) < 4.78 is 14.2. The Labute approximate surface area is 57.1 Å².